The monoisotopic (exact) mass is 201 g/mol. The van der Waals surface area contributed by atoms with Crippen LogP contribution in [0, 0.1) is 11.3 Å². The van der Waals surface area contributed by atoms with Crippen molar-refractivity contribution in [2.24, 2.45) is 0 Å². The van der Waals surface area contributed by atoms with Gasteiger partial charge < -0.3 is 0 Å². The van der Waals surface area contributed by atoms with Crippen LogP contribution in [0.25, 0.3) is 0 Å². The van der Waals surface area contributed by atoms with Gasteiger partial charge in [-0.3, -0.25) is 0 Å². The zero-order chi connectivity index (χ0) is 10.9. The average molecular weight is 201 g/mol. The van der Waals surface area contributed by atoms with Gasteiger partial charge in [-0.2, -0.15) is 5.26 Å². The van der Waals surface area contributed by atoms with Crippen molar-refractivity contribution in [3.05, 3.63) is 35.9 Å². The molecule has 0 amide bonds. The van der Waals surface area contributed by atoms with Gasteiger partial charge in [-0.05, 0) is 12.0 Å². The minimum absolute atomic E-state index is 0.0862. The average Bonchev–Trinajstić information content (AvgIpc) is 2.30. The SMILES string of the molecule is CCCCCCC(C#N)c1ccccc1. The lowest BCUT2D eigenvalue weighted by Crippen LogP contribution is -1.95. The molecule has 0 heterocycles. The molecule has 1 nitrogen and oxygen atoms in total. The van der Waals surface area contributed by atoms with Crippen molar-refractivity contribution in [3.8, 4) is 6.07 Å². The molecule has 0 bridgehead atoms. The van der Waals surface area contributed by atoms with E-state index in [1.165, 1.54) is 25.7 Å². The molecular formula is C14H19N. The van der Waals surface area contributed by atoms with Crippen LogP contribution in [-0.4, -0.2) is 0 Å². The molecule has 0 saturated carbocycles. The maximum atomic E-state index is 9.09. The number of hydrogen-bond acceptors (Lipinski definition) is 1. The molecule has 1 rings (SSSR count). The highest BCUT2D eigenvalue weighted by Crippen LogP contribution is 2.21. The maximum absolute atomic E-state index is 9.09. The van der Waals surface area contributed by atoms with Crippen molar-refractivity contribution in [3.63, 3.8) is 0 Å². The fourth-order valence-corrected chi connectivity index (χ4v) is 1.77. The third-order valence-corrected chi connectivity index (χ3v) is 2.70. The van der Waals surface area contributed by atoms with Crippen LogP contribution in [-0.2, 0) is 0 Å². The second-order valence-corrected chi connectivity index (χ2v) is 3.94. The Kier molecular flexibility index (Phi) is 5.55. The first-order valence-corrected chi connectivity index (χ1v) is 5.83. The zero-order valence-electron chi connectivity index (χ0n) is 9.45. The molecule has 1 aromatic rings. The molecule has 1 heteroatoms. The van der Waals surface area contributed by atoms with Crippen LogP contribution in [0.4, 0.5) is 0 Å². The Morgan fingerprint density at radius 3 is 2.47 bits per heavy atom. The van der Waals surface area contributed by atoms with E-state index in [0.29, 0.717) is 0 Å². The fourth-order valence-electron chi connectivity index (χ4n) is 1.77. The van der Waals surface area contributed by atoms with Gasteiger partial charge >= 0.3 is 0 Å². The number of unbranched alkanes of at least 4 members (excludes halogenated alkanes) is 3. The van der Waals surface area contributed by atoms with Crippen LogP contribution in [0.3, 0.4) is 0 Å². The molecule has 0 aromatic heterocycles. The van der Waals surface area contributed by atoms with Gasteiger partial charge in [-0.1, -0.05) is 62.9 Å². The quantitative estimate of drug-likeness (QED) is 0.631. The van der Waals surface area contributed by atoms with Gasteiger partial charge in [0.2, 0.25) is 0 Å². The summed E-state index contributed by atoms with van der Waals surface area (Å²) in [4.78, 5) is 0. The summed E-state index contributed by atoms with van der Waals surface area (Å²) in [7, 11) is 0. The van der Waals surface area contributed by atoms with Crippen LogP contribution in [0.15, 0.2) is 30.3 Å². The number of nitriles is 1. The van der Waals surface area contributed by atoms with E-state index in [1.54, 1.807) is 0 Å². The Hall–Kier alpha value is -1.29. The highest BCUT2D eigenvalue weighted by atomic mass is 14.3. The molecule has 1 atom stereocenters. The summed E-state index contributed by atoms with van der Waals surface area (Å²) in [6, 6.07) is 12.5. The lowest BCUT2D eigenvalue weighted by Gasteiger charge is -2.08. The third-order valence-electron chi connectivity index (χ3n) is 2.70. The Labute approximate surface area is 92.7 Å². The molecule has 1 unspecified atom stereocenters. The first kappa shape index (κ1) is 11.8. The van der Waals surface area contributed by atoms with E-state index in [9.17, 15) is 0 Å². The van der Waals surface area contributed by atoms with Gasteiger partial charge in [0.25, 0.3) is 0 Å². The lowest BCUT2D eigenvalue weighted by molar-refractivity contribution is 0.608. The summed E-state index contributed by atoms with van der Waals surface area (Å²) in [5.74, 6) is 0.0862. The van der Waals surface area contributed by atoms with Crippen LogP contribution in [0.2, 0.25) is 0 Å². The standard InChI is InChI=1S/C14H19N/c1-2-3-4-6-11-14(12-15)13-9-7-5-8-10-13/h5,7-10,14H,2-4,6,11H2,1H3. The van der Waals surface area contributed by atoms with Crippen molar-refractivity contribution < 1.29 is 0 Å². The van der Waals surface area contributed by atoms with E-state index >= 15 is 0 Å². The minimum atomic E-state index is 0.0862. The van der Waals surface area contributed by atoms with Gasteiger partial charge in [0, 0.05) is 0 Å². The van der Waals surface area contributed by atoms with E-state index in [-0.39, 0.29) is 5.92 Å². The Morgan fingerprint density at radius 2 is 1.87 bits per heavy atom. The van der Waals surface area contributed by atoms with E-state index in [4.69, 9.17) is 5.26 Å². The summed E-state index contributed by atoms with van der Waals surface area (Å²) >= 11 is 0. The van der Waals surface area contributed by atoms with Crippen LogP contribution in [0.1, 0.15) is 50.5 Å². The van der Waals surface area contributed by atoms with Crippen molar-refractivity contribution in [2.75, 3.05) is 0 Å². The molecule has 0 aliphatic carbocycles. The van der Waals surface area contributed by atoms with Gasteiger partial charge in [0.1, 0.15) is 0 Å². The second kappa shape index (κ2) is 7.06. The summed E-state index contributed by atoms with van der Waals surface area (Å²) in [6.07, 6.45) is 5.96. The molecule has 80 valence electrons. The molecule has 0 aliphatic rings. The number of nitrogens with zero attached hydrogens (tertiary/aromatic N) is 1. The van der Waals surface area contributed by atoms with Gasteiger partial charge in [-0.15, -0.1) is 0 Å². The lowest BCUT2D eigenvalue weighted by atomic mass is 9.94. The predicted octanol–water partition coefficient (Wildman–Crippen LogP) is 4.26. The third kappa shape index (κ3) is 4.16. The van der Waals surface area contributed by atoms with Gasteiger partial charge in [-0.25, -0.2) is 0 Å². The summed E-state index contributed by atoms with van der Waals surface area (Å²) < 4.78 is 0. The van der Waals surface area contributed by atoms with Gasteiger partial charge in [0.15, 0.2) is 0 Å². The normalized spacial score (nSPS) is 12.0. The van der Waals surface area contributed by atoms with Crippen molar-refractivity contribution >= 4 is 0 Å². The largest absolute Gasteiger partial charge is 0.198 e. The highest BCUT2D eigenvalue weighted by Gasteiger charge is 2.08. The molecule has 15 heavy (non-hydrogen) atoms. The smallest absolute Gasteiger partial charge is 0.0712 e. The Morgan fingerprint density at radius 1 is 1.13 bits per heavy atom. The van der Waals surface area contributed by atoms with Crippen molar-refractivity contribution in [1.82, 2.24) is 0 Å². The molecule has 0 aliphatic heterocycles. The zero-order valence-corrected chi connectivity index (χ0v) is 9.45. The first-order valence-electron chi connectivity index (χ1n) is 5.83. The second-order valence-electron chi connectivity index (χ2n) is 3.94. The molecule has 0 N–H and O–H groups in total. The molecular weight excluding hydrogens is 182 g/mol. The Bertz CT molecular complexity index is 297. The van der Waals surface area contributed by atoms with Crippen molar-refractivity contribution in [2.45, 2.75) is 44.9 Å². The van der Waals surface area contributed by atoms with E-state index in [0.717, 1.165) is 12.0 Å². The summed E-state index contributed by atoms with van der Waals surface area (Å²) in [5.41, 5.74) is 1.16. The number of rotatable bonds is 6. The Balaban J connectivity index is 2.41. The molecule has 0 fully saturated rings. The van der Waals surface area contributed by atoms with Crippen LogP contribution >= 0.6 is 0 Å². The highest BCUT2D eigenvalue weighted by molar-refractivity contribution is 5.24. The van der Waals surface area contributed by atoms with Crippen molar-refractivity contribution in [1.29, 1.82) is 5.26 Å². The fraction of sp³-hybridized carbons (Fsp3) is 0.500. The van der Waals surface area contributed by atoms with E-state index in [2.05, 4.69) is 13.0 Å². The van der Waals surface area contributed by atoms with Crippen LogP contribution in [0.5, 0.6) is 0 Å². The first-order chi connectivity index (χ1) is 7.38. The predicted molar refractivity (Wildman–Crippen MR) is 63.6 cm³/mol. The number of benzene rings is 1. The summed E-state index contributed by atoms with van der Waals surface area (Å²) in [6.45, 7) is 2.21. The van der Waals surface area contributed by atoms with Gasteiger partial charge in [0.05, 0.1) is 12.0 Å². The molecule has 0 saturated heterocycles. The molecule has 0 spiro atoms. The molecule has 1 aromatic carbocycles. The maximum Gasteiger partial charge on any atom is 0.0712 e. The number of hydrogen-bond donors (Lipinski definition) is 0. The molecule has 0 radical (unpaired) electrons. The topological polar surface area (TPSA) is 23.8 Å². The van der Waals surface area contributed by atoms with E-state index in [1.807, 2.05) is 30.3 Å². The minimum Gasteiger partial charge on any atom is -0.198 e. The van der Waals surface area contributed by atoms with Crippen LogP contribution < -0.4 is 0 Å². The van der Waals surface area contributed by atoms with E-state index < -0.39 is 0 Å². The summed E-state index contributed by atoms with van der Waals surface area (Å²) in [5, 5.41) is 9.09.